The number of fused-ring (bicyclic) bond motifs is 1. The molecule has 0 bridgehead atoms. The third kappa shape index (κ3) is 4.00. The van der Waals surface area contributed by atoms with Gasteiger partial charge in [0.25, 0.3) is 0 Å². The van der Waals surface area contributed by atoms with Gasteiger partial charge in [-0.2, -0.15) is 0 Å². The topological polar surface area (TPSA) is 84.1 Å². The molecule has 35 heavy (non-hydrogen) atoms. The number of amides is 2. The third-order valence-corrected chi connectivity index (χ3v) is 9.64. The van der Waals surface area contributed by atoms with Crippen molar-refractivity contribution in [2.75, 3.05) is 39.9 Å². The highest BCUT2D eigenvalue weighted by atomic mass is 16.6. The molecule has 2 aliphatic carbocycles. The molecule has 0 aromatic carbocycles. The summed E-state index contributed by atoms with van der Waals surface area (Å²) in [5.41, 5.74) is 0.718. The normalized spacial score (nSPS) is 45.3. The van der Waals surface area contributed by atoms with Crippen LogP contribution in [0.3, 0.4) is 0 Å². The number of carbonyl (C=O) groups excluding carboxylic acids is 2. The van der Waals surface area contributed by atoms with Crippen LogP contribution in [-0.4, -0.2) is 91.2 Å². The van der Waals surface area contributed by atoms with E-state index in [2.05, 4.69) is 26.8 Å². The number of hydrogen-bond acceptors (Lipinski definition) is 6. The van der Waals surface area contributed by atoms with Crippen molar-refractivity contribution in [3.05, 3.63) is 11.6 Å². The molecule has 194 valence electrons. The van der Waals surface area contributed by atoms with Crippen LogP contribution in [0.2, 0.25) is 0 Å². The SMILES string of the molecule is CO[C@@H]1[C@H](OC(=O)N2C[C@@H]3[C@H](C2)[C@H]3C(=O)N2CCCC2)CC[C@]2(CO2)[C@H]1[C@@]1(C)O[C@@H]1CC=C(C)C. The number of methoxy groups -OCH3 is 1. The van der Waals surface area contributed by atoms with Gasteiger partial charge in [-0.1, -0.05) is 11.6 Å². The van der Waals surface area contributed by atoms with Crippen LogP contribution in [0.5, 0.6) is 0 Å². The highest BCUT2D eigenvalue weighted by Crippen LogP contribution is 2.60. The fraction of sp³-hybridized carbons (Fsp3) is 0.852. The molecule has 6 fully saturated rings. The first-order chi connectivity index (χ1) is 16.8. The van der Waals surface area contributed by atoms with Gasteiger partial charge in [-0.05, 0) is 64.7 Å². The monoisotopic (exact) mass is 488 g/mol. The number of carbonyl (C=O) groups is 2. The van der Waals surface area contributed by atoms with Crippen molar-refractivity contribution in [2.24, 2.45) is 23.7 Å². The molecule has 0 radical (unpaired) electrons. The number of rotatable bonds is 6. The lowest BCUT2D eigenvalue weighted by molar-refractivity contribution is -0.132. The zero-order chi connectivity index (χ0) is 24.5. The summed E-state index contributed by atoms with van der Waals surface area (Å²) in [6, 6.07) is 0. The van der Waals surface area contributed by atoms with Crippen LogP contribution in [0, 0.1) is 23.7 Å². The van der Waals surface area contributed by atoms with Gasteiger partial charge >= 0.3 is 6.09 Å². The van der Waals surface area contributed by atoms with Crippen LogP contribution in [0.15, 0.2) is 11.6 Å². The van der Waals surface area contributed by atoms with E-state index in [1.54, 1.807) is 12.0 Å². The van der Waals surface area contributed by atoms with Gasteiger partial charge in [0.15, 0.2) is 0 Å². The van der Waals surface area contributed by atoms with Crippen molar-refractivity contribution in [1.29, 1.82) is 0 Å². The van der Waals surface area contributed by atoms with Crippen molar-refractivity contribution in [2.45, 2.75) is 82.4 Å². The molecule has 0 aromatic heterocycles. The molecule has 2 saturated carbocycles. The van der Waals surface area contributed by atoms with E-state index >= 15 is 0 Å². The van der Waals surface area contributed by atoms with Crippen LogP contribution in [0.1, 0.15) is 52.9 Å². The van der Waals surface area contributed by atoms with Gasteiger partial charge in [0.2, 0.25) is 5.91 Å². The maximum atomic E-state index is 13.1. The van der Waals surface area contributed by atoms with Crippen LogP contribution < -0.4 is 0 Å². The molecule has 6 aliphatic rings. The first-order valence-electron chi connectivity index (χ1n) is 13.5. The molecule has 0 aromatic rings. The van der Waals surface area contributed by atoms with E-state index in [1.807, 2.05) is 4.90 Å². The smallest absolute Gasteiger partial charge is 0.410 e. The van der Waals surface area contributed by atoms with Gasteiger partial charge in [0.1, 0.15) is 23.4 Å². The number of allylic oxidation sites excluding steroid dienone is 1. The fourth-order valence-electron chi connectivity index (χ4n) is 7.46. The minimum atomic E-state index is -0.341. The van der Waals surface area contributed by atoms with Crippen LogP contribution in [0.4, 0.5) is 4.79 Å². The quantitative estimate of drug-likeness (QED) is 0.422. The third-order valence-electron chi connectivity index (χ3n) is 9.64. The Morgan fingerprint density at radius 3 is 2.40 bits per heavy atom. The summed E-state index contributed by atoms with van der Waals surface area (Å²) < 4.78 is 24.4. The lowest BCUT2D eigenvalue weighted by Gasteiger charge is -2.43. The van der Waals surface area contributed by atoms with Gasteiger partial charge in [-0.15, -0.1) is 0 Å². The molecule has 0 unspecified atom stereocenters. The van der Waals surface area contributed by atoms with E-state index < -0.39 is 0 Å². The summed E-state index contributed by atoms with van der Waals surface area (Å²) in [6.45, 7) is 10.1. The predicted molar refractivity (Wildman–Crippen MR) is 128 cm³/mol. The predicted octanol–water partition coefficient (Wildman–Crippen LogP) is 3.00. The van der Waals surface area contributed by atoms with Crippen molar-refractivity contribution < 1.29 is 28.5 Å². The molecule has 8 heteroatoms. The van der Waals surface area contributed by atoms with Crippen LogP contribution >= 0.6 is 0 Å². The molecule has 0 N–H and O–H groups in total. The molecule has 6 rings (SSSR count). The summed E-state index contributed by atoms with van der Waals surface area (Å²) in [5.74, 6) is 1.03. The number of epoxide rings is 2. The summed E-state index contributed by atoms with van der Waals surface area (Å²) in [6.07, 6.45) is 6.17. The summed E-state index contributed by atoms with van der Waals surface area (Å²) >= 11 is 0. The molecular formula is C27H40N2O6. The lowest BCUT2D eigenvalue weighted by atomic mass is 9.68. The zero-order valence-corrected chi connectivity index (χ0v) is 21.5. The fourth-order valence-corrected chi connectivity index (χ4v) is 7.46. The Labute approximate surface area is 208 Å². The average molecular weight is 489 g/mol. The largest absolute Gasteiger partial charge is 0.443 e. The highest BCUT2D eigenvalue weighted by molar-refractivity contribution is 5.83. The molecule has 8 nitrogen and oxygen atoms in total. The van der Waals surface area contributed by atoms with Crippen molar-refractivity contribution in [3.8, 4) is 0 Å². The standard InChI is InChI=1S/C27H40N2O6/c1-16(2)7-8-20-26(3,35-20)23-22(32-4)19(9-10-27(23)15-33-27)34-25(31)29-13-17-18(14-29)21(17)24(30)28-11-5-6-12-28/h7,17-23H,5-6,8-15H2,1-4H3/t17-,18+,19-,20-,21+,22-,23-,26+,27+/m1/s1. The van der Waals surface area contributed by atoms with Crippen LogP contribution in [-0.2, 0) is 23.7 Å². The van der Waals surface area contributed by atoms with E-state index in [4.69, 9.17) is 18.9 Å². The van der Waals surface area contributed by atoms with E-state index in [1.165, 1.54) is 5.57 Å². The van der Waals surface area contributed by atoms with Gasteiger partial charge in [-0.3, -0.25) is 4.79 Å². The van der Waals surface area contributed by atoms with Crippen molar-refractivity contribution in [1.82, 2.24) is 9.80 Å². The van der Waals surface area contributed by atoms with Crippen molar-refractivity contribution in [3.63, 3.8) is 0 Å². The summed E-state index contributed by atoms with van der Waals surface area (Å²) in [5, 5.41) is 0. The molecule has 4 aliphatic heterocycles. The van der Waals surface area contributed by atoms with Crippen molar-refractivity contribution >= 4 is 12.0 Å². The molecule has 4 heterocycles. The second kappa shape index (κ2) is 8.45. The van der Waals surface area contributed by atoms with E-state index in [9.17, 15) is 9.59 Å². The summed E-state index contributed by atoms with van der Waals surface area (Å²) in [4.78, 5) is 29.7. The second-order valence-corrected chi connectivity index (χ2v) is 12.1. The van der Waals surface area contributed by atoms with Gasteiger partial charge in [0.05, 0.1) is 18.6 Å². The minimum Gasteiger partial charge on any atom is -0.443 e. The second-order valence-electron chi connectivity index (χ2n) is 12.1. The van der Waals surface area contributed by atoms with Gasteiger partial charge in [0, 0.05) is 39.2 Å². The molecule has 9 atom stereocenters. The highest BCUT2D eigenvalue weighted by Gasteiger charge is 2.72. The number of nitrogens with zero attached hydrogens (tertiary/aromatic N) is 2. The number of hydrogen-bond donors (Lipinski definition) is 0. The van der Waals surface area contributed by atoms with E-state index in [-0.39, 0.29) is 47.4 Å². The average Bonchev–Trinajstić information content (AvgIpc) is 3.75. The molecule has 4 saturated heterocycles. The Balaban J connectivity index is 1.07. The lowest BCUT2D eigenvalue weighted by Crippen LogP contribution is -2.56. The minimum absolute atomic E-state index is 0.0246. The molecule has 2 amide bonds. The van der Waals surface area contributed by atoms with Gasteiger partial charge in [-0.25, -0.2) is 4.79 Å². The molecule has 1 spiro atoms. The Bertz CT molecular complexity index is 895. The number of piperidine rings is 1. The Morgan fingerprint density at radius 2 is 1.80 bits per heavy atom. The maximum absolute atomic E-state index is 13.1. The summed E-state index contributed by atoms with van der Waals surface area (Å²) in [7, 11) is 1.70. The Kier molecular flexibility index (Phi) is 5.73. The van der Waals surface area contributed by atoms with E-state index in [0.29, 0.717) is 37.4 Å². The maximum Gasteiger partial charge on any atom is 0.410 e. The Morgan fingerprint density at radius 1 is 1.11 bits per heavy atom. The number of likely N-dealkylation sites (tertiary alicyclic amines) is 2. The van der Waals surface area contributed by atoms with Crippen LogP contribution in [0.25, 0.3) is 0 Å². The first kappa shape index (κ1) is 23.7. The van der Waals surface area contributed by atoms with Gasteiger partial charge < -0.3 is 28.7 Å². The number of ether oxygens (including phenoxy) is 4. The molecular weight excluding hydrogens is 448 g/mol. The Hall–Kier alpha value is -1.64. The van der Waals surface area contributed by atoms with E-state index in [0.717, 1.165) is 45.2 Å². The zero-order valence-electron chi connectivity index (χ0n) is 21.5. The first-order valence-corrected chi connectivity index (χ1v) is 13.5.